The van der Waals surface area contributed by atoms with Crippen LogP contribution in [-0.4, -0.2) is 85.7 Å². The van der Waals surface area contributed by atoms with E-state index in [9.17, 15) is 9.59 Å². The fourth-order valence-electron chi connectivity index (χ4n) is 3.45. The molecule has 0 saturated carbocycles. The van der Waals surface area contributed by atoms with Crippen LogP contribution in [0.15, 0.2) is 24.3 Å². The number of hydrogen-bond donors (Lipinski definition) is 1. The molecule has 1 unspecified atom stereocenters. The fourth-order valence-corrected chi connectivity index (χ4v) is 3.75. The van der Waals surface area contributed by atoms with Crippen LogP contribution in [0, 0.1) is 0 Å². The predicted molar refractivity (Wildman–Crippen MR) is 104 cm³/mol. The largest absolute Gasteiger partial charge is 0.378 e. The molecule has 2 aliphatic rings. The Labute approximate surface area is 165 Å². The first kappa shape index (κ1) is 19.9. The smallest absolute Gasteiger partial charge is 0.320 e. The molecule has 7 nitrogen and oxygen atoms in total. The summed E-state index contributed by atoms with van der Waals surface area (Å²) in [5, 5.41) is 3.66. The molecule has 2 heterocycles. The van der Waals surface area contributed by atoms with E-state index in [1.165, 1.54) is 0 Å². The van der Waals surface area contributed by atoms with Crippen LogP contribution in [0.1, 0.15) is 18.5 Å². The third-order valence-corrected chi connectivity index (χ3v) is 5.39. The standard InChI is InChI=1S/C19H27ClN4O3/c1-15(16-4-2-3-5-17(16)20)21-18(25)14-22-6-8-23(9-7-22)19(26)24-10-12-27-13-11-24/h2-5,15H,6-14H2,1H3,(H,21,25). The first-order valence-corrected chi connectivity index (χ1v) is 9.80. The van der Waals surface area contributed by atoms with Crippen LogP contribution in [0.3, 0.4) is 0 Å². The highest BCUT2D eigenvalue weighted by Gasteiger charge is 2.27. The van der Waals surface area contributed by atoms with Crippen molar-refractivity contribution < 1.29 is 14.3 Å². The van der Waals surface area contributed by atoms with Crippen molar-refractivity contribution in [2.24, 2.45) is 0 Å². The Morgan fingerprint density at radius 1 is 1.07 bits per heavy atom. The molecule has 148 valence electrons. The Morgan fingerprint density at radius 3 is 2.37 bits per heavy atom. The molecular formula is C19H27ClN4O3. The molecule has 2 fully saturated rings. The van der Waals surface area contributed by atoms with Gasteiger partial charge in [0, 0.05) is 44.3 Å². The number of morpholine rings is 1. The van der Waals surface area contributed by atoms with Gasteiger partial charge in [0.1, 0.15) is 0 Å². The number of ether oxygens (including phenoxy) is 1. The van der Waals surface area contributed by atoms with E-state index >= 15 is 0 Å². The van der Waals surface area contributed by atoms with Gasteiger partial charge in [0.2, 0.25) is 5.91 Å². The van der Waals surface area contributed by atoms with Gasteiger partial charge >= 0.3 is 6.03 Å². The zero-order chi connectivity index (χ0) is 19.2. The Hall–Kier alpha value is -1.83. The molecule has 0 spiro atoms. The summed E-state index contributed by atoms with van der Waals surface area (Å²) < 4.78 is 5.30. The molecular weight excluding hydrogens is 368 g/mol. The molecule has 0 bridgehead atoms. The van der Waals surface area contributed by atoms with Crippen LogP contribution in [0.25, 0.3) is 0 Å². The van der Waals surface area contributed by atoms with Gasteiger partial charge in [-0.2, -0.15) is 0 Å². The van der Waals surface area contributed by atoms with Gasteiger partial charge in [0.05, 0.1) is 25.8 Å². The van der Waals surface area contributed by atoms with E-state index in [4.69, 9.17) is 16.3 Å². The van der Waals surface area contributed by atoms with Crippen molar-refractivity contribution in [3.05, 3.63) is 34.9 Å². The summed E-state index contributed by atoms with van der Waals surface area (Å²) in [7, 11) is 0. The summed E-state index contributed by atoms with van der Waals surface area (Å²) in [6, 6.07) is 7.46. The Morgan fingerprint density at radius 2 is 1.70 bits per heavy atom. The molecule has 1 aromatic rings. The number of hydrogen-bond acceptors (Lipinski definition) is 4. The molecule has 2 saturated heterocycles. The Kier molecular flexibility index (Phi) is 6.93. The maximum atomic E-state index is 12.5. The molecule has 0 aromatic heterocycles. The summed E-state index contributed by atoms with van der Waals surface area (Å²) in [5.74, 6) is -0.0321. The van der Waals surface area contributed by atoms with Gasteiger partial charge in [-0.3, -0.25) is 9.69 Å². The van der Waals surface area contributed by atoms with Crippen molar-refractivity contribution in [3.63, 3.8) is 0 Å². The lowest BCUT2D eigenvalue weighted by Gasteiger charge is -2.38. The van der Waals surface area contributed by atoms with Crippen molar-refractivity contribution >= 4 is 23.5 Å². The molecule has 1 N–H and O–H groups in total. The molecule has 1 atom stereocenters. The zero-order valence-corrected chi connectivity index (χ0v) is 16.5. The maximum absolute atomic E-state index is 12.5. The van der Waals surface area contributed by atoms with Crippen LogP contribution in [0.4, 0.5) is 4.79 Å². The summed E-state index contributed by atoms with van der Waals surface area (Å²) in [5.41, 5.74) is 0.911. The van der Waals surface area contributed by atoms with Crippen LogP contribution < -0.4 is 5.32 Å². The van der Waals surface area contributed by atoms with E-state index in [1.54, 1.807) is 0 Å². The number of nitrogens with zero attached hydrogens (tertiary/aromatic N) is 3. The van der Waals surface area contributed by atoms with Crippen molar-refractivity contribution in [2.75, 3.05) is 59.0 Å². The minimum atomic E-state index is -0.143. The topological polar surface area (TPSA) is 65.1 Å². The van der Waals surface area contributed by atoms with Crippen LogP contribution in [-0.2, 0) is 9.53 Å². The van der Waals surface area contributed by atoms with Crippen molar-refractivity contribution in [1.29, 1.82) is 0 Å². The number of carbonyl (C=O) groups excluding carboxylic acids is 2. The van der Waals surface area contributed by atoms with E-state index in [1.807, 2.05) is 41.0 Å². The normalized spacial score (nSPS) is 19.6. The molecule has 0 aliphatic carbocycles. The number of piperazine rings is 1. The van der Waals surface area contributed by atoms with Gasteiger partial charge in [0.15, 0.2) is 0 Å². The van der Waals surface area contributed by atoms with Crippen LogP contribution in [0.2, 0.25) is 5.02 Å². The predicted octanol–water partition coefficient (Wildman–Crippen LogP) is 1.59. The van der Waals surface area contributed by atoms with Crippen molar-refractivity contribution in [1.82, 2.24) is 20.0 Å². The Balaban J connectivity index is 1.42. The van der Waals surface area contributed by atoms with Crippen molar-refractivity contribution in [2.45, 2.75) is 13.0 Å². The van der Waals surface area contributed by atoms with Gasteiger partial charge in [-0.05, 0) is 18.6 Å². The first-order valence-electron chi connectivity index (χ1n) is 9.42. The number of amides is 3. The van der Waals surface area contributed by atoms with Gasteiger partial charge in [0.25, 0.3) is 0 Å². The van der Waals surface area contributed by atoms with Gasteiger partial charge < -0.3 is 19.9 Å². The fraction of sp³-hybridized carbons (Fsp3) is 0.579. The third kappa shape index (κ3) is 5.34. The second-order valence-corrected chi connectivity index (χ2v) is 7.36. The lowest BCUT2D eigenvalue weighted by Crippen LogP contribution is -2.55. The quantitative estimate of drug-likeness (QED) is 0.842. The minimum absolute atomic E-state index is 0.0321. The molecule has 3 amide bonds. The molecule has 1 aromatic carbocycles. The van der Waals surface area contributed by atoms with E-state index in [0.717, 1.165) is 5.56 Å². The lowest BCUT2D eigenvalue weighted by molar-refractivity contribution is -0.123. The monoisotopic (exact) mass is 394 g/mol. The Bertz CT molecular complexity index is 658. The number of carbonyl (C=O) groups is 2. The molecule has 3 rings (SSSR count). The van der Waals surface area contributed by atoms with Crippen LogP contribution >= 0.6 is 11.6 Å². The highest BCUT2D eigenvalue weighted by molar-refractivity contribution is 6.31. The SMILES string of the molecule is CC(NC(=O)CN1CCN(C(=O)N2CCOCC2)CC1)c1ccccc1Cl. The van der Waals surface area contributed by atoms with Crippen molar-refractivity contribution in [3.8, 4) is 0 Å². The van der Waals surface area contributed by atoms with Crippen LogP contribution in [0.5, 0.6) is 0 Å². The maximum Gasteiger partial charge on any atom is 0.320 e. The highest BCUT2D eigenvalue weighted by Crippen LogP contribution is 2.22. The molecule has 0 radical (unpaired) electrons. The molecule has 27 heavy (non-hydrogen) atoms. The summed E-state index contributed by atoms with van der Waals surface area (Å²) >= 11 is 6.19. The van der Waals surface area contributed by atoms with E-state index in [0.29, 0.717) is 64.0 Å². The number of urea groups is 1. The summed E-state index contributed by atoms with van der Waals surface area (Å²) in [6.07, 6.45) is 0. The summed E-state index contributed by atoms with van der Waals surface area (Å²) in [4.78, 5) is 30.7. The van der Waals surface area contributed by atoms with Gasteiger partial charge in [-0.1, -0.05) is 29.8 Å². The number of halogens is 1. The molecule has 2 aliphatic heterocycles. The van der Waals surface area contributed by atoms with Gasteiger partial charge in [-0.15, -0.1) is 0 Å². The second kappa shape index (κ2) is 9.39. The lowest BCUT2D eigenvalue weighted by atomic mass is 10.1. The van der Waals surface area contributed by atoms with E-state index < -0.39 is 0 Å². The minimum Gasteiger partial charge on any atom is -0.378 e. The number of benzene rings is 1. The van der Waals surface area contributed by atoms with E-state index in [-0.39, 0.29) is 18.0 Å². The average Bonchev–Trinajstić information content (AvgIpc) is 2.69. The van der Waals surface area contributed by atoms with Gasteiger partial charge in [-0.25, -0.2) is 4.79 Å². The highest BCUT2D eigenvalue weighted by atomic mass is 35.5. The average molecular weight is 395 g/mol. The number of nitrogens with one attached hydrogen (secondary N) is 1. The second-order valence-electron chi connectivity index (χ2n) is 6.96. The first-order chi connectivity index (χ1) is 13.0. The molecule has 8 heteroatoms. The zero-order valence-electron chi connectivity index (χ0n) is 15.7. The summed E-state index contributed by atoms with van der Waals surface area (Å²) in [6.45, 7) is 7.46. The number of rotatable bonds is 4. The van der Waals surface area contributed by atoms with E-state index in [2.05, 4.69) is 10.2 Å². The third-order valence-electron chi connectivity index (χ3n) is 5.04.